The van der Waals surface area contributed by atoms with Crippen LogP contribution in [0, 0.1) is 0 Å². The van der Waals surface area contributed by atoms with Crippen LogP contribution < -0.4 is 14.2 Å². The van der Waals surface area contributed by atoms with Gasteiger partial charge in [0.05, 0.1) is 12.8 Å². The molecule has 2 aliphatic heterocycles. The van der Waals surface area contributed by atoms with E-state index in [9.17, 15) is 5.21 Å². The van der Waals surface area contributed by atoms with Crippen LogP contribution in [-0.4, -0.2) is 53.1 Å². The molecule has 1 atom stereocenters. The van der Waals surface area contributed by atoms with E-state index in [4.69, 9.17) is 14.2 Å². The van der Waals surface area contributed by atoms with Gasteiger partial charge in [0.25, 0.3) is 0 Å². The first-order valence-electron chi connectivity index (χ1n) is 9.08. The highest BCUT2D eigenvalue weighted by Gasteiger charge is 2.34. The molecule has 0 spiro atoms. The van der Waals surface area contributed by atoms with Crippen LogP contribution in [0.1, 0.15) is 30.0 Å². The summed E-state index contributed by atoms with van der Waals surface area (Å²) in [4.78, 5) is 2.27. The molecule has 0 unspecified atom stereocenters. The van der Waals surface area contributed by atoms with E-state index in [1.165, 1.54) is 5.56 Å². The number of nitrogens with zero attached hydrogens (tertiary/aromatic N) is 4. The van der Waals surface area contributed by atoms with E-state index in [0.29, 0.717) is 25.1 Å². The molecule has 0 saturated carbocycles. The van der Waals surface area contributed by atoms with Crippen LogP contribution in [0.3, 0.4) is 0 Å². The van der Waals surface area contributed by atoms with Crippen molar-refractivity contribution in [3.8, 4) is 17.2 Å². The molecule has 8 nitrogen and oxygen atoms in total. The number of likely N-dealkylation sites (N-methyl/N-ethyl adjacent to an activating group) is 1. The van der Waals surface area contributed by atoms with Crippen molar-refractivity contribution in [2.45, 2.75) is 31.8 Å². The summed E-state index contributed by atoms with van der Waals surface area (Å²) in [5.74, 6) is 2.13. The third-order valence-corrected chi connectivity index (χ3v) is 5.31. The number of aryl methyl sites for hydroxylation is 1. The maximum atomic E-state index is 9.56. The van der Waals surface area contributed by atoms with Crippen LogP contribution in [0.25, 0.3) is 0 Å². The number of hydrogen-bond donors (Lipinski definition) is 1. The van der Waals surface area contributed by atoms with Gasteiger partial charge in [-0.05, 0) is 31.2 Å². The number of benzene rings is 1. The molecule has 1 N–H and O–H groups in total. The van der Waals surface area contributed by atoms with E-state index < -0.39 is 0 Å². The number of rotatable bonds is 6. The Morgan fingerprint density at radius 2 is 2.33 bits per heavy atom. The smallest absolute Gasteiger partial charge is 0.231 e. The maximum absolute atomic E-state index is 9.56. The molecule has 8 heteroatoms. The van der Waals surface area contributed by atoms with Crippen molar-refractivity contribution in [2.75, 3.05) is 27.5 Å². The van der Waals surface area contributed by atoms with Gasteiger partial charge in [-0.15, -0.1) is 0 Å². The molecule has 1 aromatic heterocycles. The van der Waals surface area contributed by atoms with Gasteiger partial charge in [0.2, 0.25) is 12.5 Å². The largest absolute Gasteiger partial charge is 0.492 e. The minimum atomic E-state index is 0.0433. The molecule has 144 valence electrons. The molecule has 0 amide bonds. The van der Waals surface area contributed by atoms with E-state index in [0.717, 1.165) is 35.7 Å². The molecule has 0 aliphatic carbocycles. The summed E-state index contributed by atoms with van der Waals surface area (Å²) in [5, 5.41) is 17.3. The van der Waals surface area contributed by atoms with Gasteiger partial charge in [-0.1, -0.05) is 5.16 Å². The summed E-state index contributed by atoms with van der Waals surface area (Å²) < 4.78 is 18.8. The van der Waals surface area contributed by atoms with E-state index in [-0.39, 0.29) is 12.8 Å². The first kappa shape index (κ1) is 17.7. The Bertz CT molecular complexity index is 835. The topological polar surface area (TPSA) is 81.3 Å². The predicted molar refractivity (Wildman–Crippen MR) is 98.9 cm³/mol. The standard InChI is InChI=1S/C19H24N4O4/c1-22-8-4-13-10-16-18(27-12-26-16)19(25-2)17(13)15(22)11-14(21-24)5-9-23-7-3-6-20-23/h3,6-7,10,15,24H,4-5,8-9,11-12H2,1-2H3/t15-/m0/s1. The molecule has 0 radical (unpaired) electrons. The molecule has 0 fully saturated rings. The highest BCUT2D eigenvalue weighted by Crippen LogP contribution is 2.50. The Morgan fingerprint density at radius 1 is 1.44 bits per heavy atom. The lowest BCUT2D eigenvalue weighted by Gasteiger charge is -2.36. The van der Waals surface area contributed by atoms with Gasteiger partial charge in [0.1, 0.15) is 0 Å². The molecule has 0 saturated heterocycles. The molecule has 3 heterocycles. The van der Waals surface area contributed by atoms with Crippen LogP contribution in [0.15, 0.2) is 29.7 Å². The highest BCUT2D eigenvalue weighted by molar-refractivity contribution is 5.85. The van der Waals surface area contributed by atoms with E-state index in [2.05, 4.69) is 28.3 Å². The second-order valence-corrected chi connectivity index (χ2v) is 6.85. The Hall–Kier alpha value is -2.74. The lowest BCUT2D eigenvalue weighted by atomic mass is 9.88. The minimum Gasteiger partial charge on any atom is -0.492 e. The summed E-state index contributed by atoms with van der Waals surface area (Å²) in [5.41, 5.74) is 3.02. The minimum absolute atomic E-state index is 0.0433. The van der Waals surface area contributed by atoms with Gasteiger partial charge in [-0.3, -0.25) is 9.58 Å². The number of methoxy groups -OCH3 is 1. The molecule has 0 bridgehead atoms. The number of hydrogen-bond acceptors (Lipinski definition) is 7. The van der Waals surface area contributed by atoms with Crippen molar-refractivity contribution >= 4 is 5.71 Å². The average molecular weight is 372 g/mol. The third kappa shape index (κ3) is 3.32. The van der Waals surface area contributed by atoms with Crippen LogP contribution in [0.2, 0.25) is 0 Å². The highest BCUT2D eigenvalue weighted by atomic mass is 16.7. The number of oxime groups is 1. The fraction of sp³-hybridized carbons (Fsp3) is 0.474. The summed E-state index contributed by atoms with van der Waals surface area (Å²) >= 11 is 0. The van der Waals surface area contributed by atoms with Gasteiger partial charge in [0, 0.05) is 49.9 Å². The monoisotopic (exact) mass is 372 g/mol. The summed E-state index contributed by atoms with van der Waals surface area (Å²) in [6.07, 6.45) is 5.80. The van der Waals surface area contributed by atoms with Crippen LogP contribution >= 0.6 is 0 Å². The molecular weight excluding hydrogens is 348 g/mol. The third-order valence-electron chi connectivity index (χ3n) is 5.31. The molecule has 27 heavy (non-hydrogen) atoms. The first-order valence-corrected chi connectivity index (χ1v) is 9.08. The van der Waals surface area contributed by atoms with Gasteiger partial charge in [-0.2, -0.15) is 5.10 Å². The van der Waals surface area contributed by atoms with E-state index >= 15 is 0 Å². The Kier molecular flexibility index (Phi) is 4.89. The number of ether oxygens (including phenoxy) is 3. The average Bonchev–Trinajstić information content (AvgIpc) is 3.36. The van der Waals surface area contributed by atoms with Crippen LogP contribution in [0.5, 0.6) is 17.2 Å². The summed E-state index contributed by atoms with van der Waals surface area (Å²) in [7, 11) is 3.74. The van der Waals surface area contributed by atoms with Crippen molar-refractivity contribution < 1.29 is 19.4 Å². The van der Waals surface area contributed by atoms with E-state index in [1.54, 1.807) is 13.3 Å². The fourth-order valence-electron chi connectivity index (χ4n) is 3.88. The Morgan fingerprint density at radius 3 is 3.07 bits per heavy atom. The number of aromatic nitrogens is 2. The van der Waals surface area contributed by atoms with Gasteiger partial charge >= 0.3 is 0 Å². The lowest BCUT2D eigenvalue weighted by Crippen LogP contribution is -2.34. The maximum Gasteiger partial charge on any atom is 0.231 e. The number of fused-ring (bicyclic) bond motifs is 2. The molecule has 4 rings (SSSR count). The Labute approximate surface area is 157 Å². The van der Waals surface area contributed by atoms with Crippen molar-refractivity contribution in [1.29, 1.82) is 0 Å². The Balaban J connectivity index is 1.61. The molecule has 1 aromatic carbocycles. The first-order chi connectivity index (χ1) is 13.2. The van der Waals surface area contributed by atoms with Gasteiger partial charge in [-0.25, -0.2) is 0 Å². The summed E-state index contributed by atoms with van der Waals surface area (Å²) in [6, 6.07) is 3.98. The van der Waals surface area contributed by atoms with Crippen molar-refractivity contribution in [1.82, 2.24) is 14.7 Å². The van der Waals surface area contributed by atoms with Gasteiger partial charge in [0.15, 0.2) is 11.5 Å². The van der Waals surface area contributed by atoms with Crippen molar-refractivity contribution in [2.24, 2.45) is 5.16 Å². The lowest BCUT2D eigenvalue weighted by molar-refractivity contribution is 0.170. The quantitative estimate of drug-likeness (QED) is 0.477. The second-order valence-electron chi connectivity index (χ2n) is 6.85. The molecule has 2 aromatic rings. The molecular formula is C19H24N4O4. The van der Waals surface area contributed by atoms with Crippen molar-refractivity contribution in [3.63, 3.8) is 0 Å². The zero-order valence-electron chi connectivity index (χ0n) is 15.6. The molecule has 2 aliphatic rings. The zero-order valence-corrected chi connectivity index (χ0v) is 15.6. The van der Waals surface area contributed by atoms with E-state index in [1.807, 2.05) is 16.9 Å². The van der Waals surface area contributed by atoms with Crippen LogP contribution in [-0.2, 0) is 13.0 Å². The normalized spacial score (nSPS) is 19.2. The predicted octanol–water partition coefficient (Wildman–Crippen LogP) is 2.46. The van der Waals surface area contributed by atoms with Crippen molar-refractivity contribution in [3.05, 3.63) is 35.7 Å². The SMILES string of the molecule is COc1c2c(cc3c1[C@H](CC(CCn1cccn1)=NO)N(C)CC3)OCO2. The second kappa shape index (κ2) is 7.48. The van der Waals surface area contributed by atoms with Crippen LogP contribution in [0.4, 0.5) is 0 Å². The fourth-order valence-corrected chi connectivity index (χ4v) is 3.88. The summed E-state index contributed by atoms with van der Waals surface area (Å²) in [6.45, 7) is 1.80. The zero-order chi connectivity index (χ0) is 18.8. The van der Waals surface area contributed by atoms with Gasteiger partial charge < -0.3 is 19.4 Å².